The van der Waals surface area contributed by atoms with Crippen molar-refractivity contribution in [3.63, 3.8) is 0 Å². The van der Waals surface area contributed by atoms with Gasteiger partial charge in [0.2, 0.25) is 0 Å². The highest BCUT2D eigenvalue weighted by atomic mass is 19.4. The smallest absolute Gasteiger partial charge is 0.307 e. The Hall–Kier alpha value is -3.47. The summed E-state index contributed by atoms with van der Waals surface area (Å²) in [5, 5.41) is 10.1. The third kappa shape index (κ3) is 4.42. The SMILES string of the molecule is CC1(NCc2cc(C(F)(F)F)c3cn(-c4cccc([C@H](c5ncn[nH]5)C5CC(F)C5)c4)c(=O)n3c2)CCC1. The number of rotatable bonds is 7. The first-order valence-corrected chi connectivity index (χ1v) is 12.8. The van der Waals surface area contributed by atoms with Gasteiger partial charge >= 0.3 is 11.9 Å². The standard InChI is InChI=1S/C27H28F4N6O/c1-26(6-3-7-26)33-12-16-8-21(27(29,30)31)22-14-36(25(38)37(22)13-16)20-5-2-4-17(11-20)23(18-9-19(28)10-18)24-32-15-34-35-24/h2,4-5,8,11,13-15,18-19,23,33H,3,6-7,9-10,12H2,1H3,(H,32,34,35)/t18?,19?,23-/m0/s1. The van der Waals surface area contributed by atoms with E-state index in [2.05, 4.69) is 27.4 Å². The lowest BCUT2D eigenvalue weighted by Gasteiger charge is -2.39. The zero-order chi connectivity index (χ0) is 26.7. The fourth-order valence-corrected chi connectivity index (χ4v) is 5.70. The second-order valence-corrected chi connectivity index (χ2v) is 10.8. The Labute approximate surface area is 215 Å². The molecule has 3 heterocycles. The maximum Gasteiger partial charge on any atom is 0.418 e. The number of benzene rings is 1. The number of nitrogens with zero attached hydrogens (tertiary/aromatic N) is 4. The van der Waals surface area contributed by atoms with Crippen LogP contribution in [0.3, 0.4) is 0 Å². The zero-order valence-corrected chi connectivity index (χ0v) is 20.8. The number of halogens is 4. The number of hydrogen-bond donors (Lipinski definition) is 2. The van der Waals surface area contributed by atoms with Crippen LogP contribution in [-0.2, 0) is 12.7 Å². The van der Waals surface area contributed by atoms with E-state index in [9.17, 15) is 22.4 Å². The number of aromatic nitrogens is 5. The molecule has 0 unspecified atom stereocenters. The Morgan fingerprint density at radius 3 is 2.63 bits per heavy atom. The predicted octanol–water partition coefficient (Wildman–Crippen LogP) is 5.14. The average molecular weight is 529 g/mol. The minimum Gasteiger partial charge on any atom is -0.307 e. The summed E-state index contributed by atoms with van der Waals surface area (Å²) in [4.78, 5) is 17.7. The first-order chi connectivity index (χ1) is 18.1. The molecular weight excluding hydrogens is 500 g/mol. The van der Waals surface area contributed by atoms with Crippen LogP contribution in [0.4, 0.5) is 17.6 Å². The van der Waals surface area contributed by atoms with Gasteiger partial charge in [0, 0.05) is 30.4 Å². The van der Waals surface area contributed by atoms with Crippen LogP contribution in [0, 0.1) is 5.92 Å². The molecule has 2 N–H and O–H groups in total. The highest BCUT2D eigenvalue weighted by Gasteiger charge is 2.39. The predicted molar refractivity (Wildman–Crippen MR) is 133 cm³/mol. The van der Waals surface area contributed by atoms with Crippen LogP contribution in [-0.4, -0.2) is 35.9 Å². The second kappa shape index (κ2) is 9.07. The molecule has 2 fully saturated rings. The lowest BCUT2D eigenvalue weighted by Crippen LogP contribution is -2.47. The van der Waals surface area contributed by atoms with E-state index in [1.165, 1.54) is 23.3 Å². The van der Waals surface area contributed by atoms with E-state index in [1.54, 1.807) is 18.2 Å². The Kier molecular flexibility index (Phi) is 5.93. The molecule has 0 amide bonds. The number of pyridine rings is 1. The lowest BCUT2D eigenvalue weighted by molar-refractivity contribution is -0.136. The summed E-state index contributed by atoms with van der Waals surface area (Å²) in [7, 11) is 0. The zero-order valence-electron chi connectivity index (χ0n) is 20.8. The molecule has 7 nitrogen and oxygen atoms in total. The van der Waals surface area contributed by atoms with Crippen molar-refractivity contribution in [1.82, 2.24) is 29.5 Å². The van der Waals surface area contributed by atoms with E-state index in [-0.39, 0.29) is 29.4 Å². The fraction of sp³-hybridized carbons (Fsp3) is 0.444. The summed E-state index contributed by atoms with van der Waals surface area (Å²) in [5.74, 6) is 0.320. The summed E-state index contributed by atoms with van der Waals surface area (Å²) in [6.45, 7) is 2.29. The van der Waals surface area contributed by atoms with Crippen molar-refractivity contribution in [1.29, 1.82) is 0 Å². The van der Waals surface area contributed by atoms with Crippen LogP contribution in [0.15, 0.2) is 53.8 Å². The molecule has 2 aliphatic carbocycles. The Balaban J connectivity index is 1.41. The van der Waals surface area contributed by atoms with Crippen molar-refractivity contribution in [3.05, 3.63) is 82.1 Å². The molecule has 0 saturated heterocycles. The number of fused-ring (bicyclic) bond motifs is 1. The molecule has 1 atom stereocenters. The van der Waals surface area contributed by atoms with Crippen LogP contribution in [0.2, 0.25) is 0 Å². The Morgan fingerprint density at radius 2 is 2.00 bits per heavy atom. The number of alkyl halides is 4. The maximum absolute atomic E-state index is 14.1. The lowest BCUT2D eigenvalue weighted by atomic mass is 9.71. The summed E-state index contributed by atoms with van der Waals surface area (Å²) in [5.41, 5.74) is -0.152. The first-order valence-electron chi connectivity index (χ1n) is 12.8. The van der Waals surface area contributed by atoms with Crippen LogP contribution in [0.5, 0.6) is 0 Å². The molecule has 1 aromatic carbocycles. The number of H-pyrrole nitrogens is 1. The normalized spacial score (nSPS) is 21.7. The number of nitrogens with one attached hydrogen (secondary N) is 2. The largest absolute Gasteiger partial charge is 0.418 e. The van der Waals surface area contributed by atoms with Gasteiger partial charge in [-0.2, -0.15) is 18.3 Å². The van der Waals surface area contributed by atoms with Gasteiger partial charge in [-0.25, -0.2) is 14.2 Å². The number of hydrogen-bond acceptors (Lipinski definition) is 4. The fourth-order valence-electron chi connectivity index (χ4n) is 5.70. The van der Waals surface area contributed by atoms with E-state index in [0.717, 1.165) is 35.3 Å². The molecule has 3 aromatic heterocycles. The molecule has 200 valence electrons. The third-order valence-corrected chi connectivity index (χ3v) is 8.13. The highest BCUT2D eigenvalue weighted by molar-refractivity contribution is 5.58. The molecule has 2 saturated carbocycles. The summed E-state index contributed by atoms with van der Waals surface area (Å²) in [6, 6.07) is 8.15. The van der Waals surface area contributed by atoms with Gasteiger partial charge in [-0.1, -0.05) is 12.1 Å². The molecule has 2 aliphatic rings. The van der Waals surface area contributed by atoms with Gasteiger partial charge in [0.05, 0.1) is 16.8 Å². The molecule has 38 heavy (non-hydrogen) atoms. The third-order valence-electron chi connectivity index (χ3n) is 8.13. The van der Waals surface area contributed by atoms with E-state index < -0.39 is 23.6 Å². The van der Waals surface area contributed by atoms with Crippen molar-refractivity contribution < 1.29 is 17.6 Å². The van der Waals surface area contributed by atoms with Gasteiger partial charge < -0.3 is 5.32 Å². The van der Waals surface area contributed by atoms with Gasteiger partial charge in [0.25, 0.3) is 0 Å². The van der Waals surface area contributed by atoms with Crippen molar-refractivity contribution in [2.24, 2.45) is 5.92 Å². The van der Waals surface area contributed by atoms with Gasteiger partial charge in [-0.3, -0.25) is 14.1 Å². The number of imidazole rings is 1. The molecule has 0 radical (unpaired) electrons. The van der Waals surface area contributed by atoms with Crippen LogP contribution in [0.25, 0.3) is 11.2 Å². The van der Waals surface area contributed by atoms with E-state index in [0.29, 0.717) is 29.9 Å². The van der Waals surface area contributed by atoms with E-state index in [4.69, 9.17) is 0 Å². The van der Waals surface area contributed by atoms with Crippen molar-refractivity contribution in [2.75, 3.05) is 0 Å². The second-order valence-electron chi connectivity index (χ2n) is 10.8. The summed E-state index contributed by atoms with van der Waals surface area (Å²) >= 11 is 0. The Bertz CT molecular complexity index is 1510. The maximum atomic E-state index is 14.1. The topological polar surface area (TPSA) is 80.0 Å². The van der Waals surface area contributed by atoms with Gasteiger partial charge in [0.15, 0.2) is 0 Å². The van der Waals surface area contributed by atoms with E-state index in [1.807, 2.05) is 6.07 Å². The minimum absolute atomic E-state index is 0.00227. The van der Waals surface area contributed by atoms with Crippen molar-refractivity contribution in [2.45, 2.75) is 69.4 Å². The van der Waals surface area contributed by atoms with Crippen molar-refractivity contribution in [3.8, 4) is 5.69 Å². The van der Waals surface area contributed by atoms with E-state index >= 15 is 0 Å². The molecule has 6 rings (SSSR count). The van der Waals surface area contributed by atoms with Gasteiger partial charge in [0.1, 0.15) is 18.3 Å². The van der Waals surface area contributed by atoms with Gasteiger partial charge in [-0.15, -0.1) is 0 Å². The van der Waals surface area contributed by atoms with Gasteiger partial charge in [-0.05, 0) is 74.3 Å². The summed E-state index contributed by atoms with van der Waals surface area (Å²) in [6.07, 6.45) is 2.40. The monoisotopic (exact) mass is 528 g/mol. The number of aromatic amines is 1. The Morgan fingerprint density at radius 1 is 1.21 bits per heavy atom. The molecule has 0 bridgehead atoms. The molecule has 11 heteroatoms. The average Bonchev–Trinajstić information content (AvgIpc) is 3.48. The van der Waals surface area contributed by atoms with Crippen molar-refractivity contribution >= 4 is 5.52 Å². The minimum atomic E-state index is -4.63. The molecular formula is C27H28F4N6O. The summed E-state index contributed by atoms with van der Waals surface area (Å²) < 4.78 is 58.3. The quantitative estimate of drug-likeness (QED) is 0.326. The van der Waals surface area contributed by atoms with Crippen LogP contribution < -0.4 is 11.0 Å². The molecule has 4 aromatic rings. The molecule has 0 spiro atoms. The first kappa shape index (κ1) is 24.8. The highest BCUT2D eigenvalue weighted by Crippen LogP contribution is 2.44. The van der Waals surface area contributed by atoms with Crippen LogP contribution in [0.1, 0.15) is 67.5 Å². The van der Waals surface area contributed by atoms with Crippen LogP contribution >= 0.6 is 0 Å². The molecule has 0 aliphatic heterocycles.